The quantitative estimate of drug-likeness (QED) is 0.634. The van der Waals surface area contributed by atoms with Gasteiger partial charge >= 0.3 is 0 Å². The summed E-state index contributed by atoms with van der Waals surface area (Å²) in [5.41, 5.74) is 2.72. The van der Waals surface area contributed by atoms with Gasteiger partial charge in [-0.05, 0) is 61.2 Å². The van der Waals surface area contributed by atoms with Crippen molar-refractivity contribution in [2.24, 2.45) is 4.99 Å². The van der Waals surface area contributed by atoms with E-state index in [9.17, 15) is 9.59 Å². The van der Waals surface area contributed by atoms with Gasteiger partial charge in [0.25, 0.3) is 0 Å². The highest BCUT2D eigenvalue weighted by Crippen LogP contribution is 2.27. The van der Waals surface area contributed by atoms with E-state index in [1.54, 1.807) is 24.3 Å². The first-order valence-electron chi connectivity index (χ1n) is 10.2. The van der Waals surface area contributed by atoms with Gasteiger partial charge in [-0.25, -0.2) is 4.99 Å². The number of nitrogens with one attached hydrogen (secondary N) is 2. The molecule has 0 saturated carbocycles. The summed E-state index contributed by atoms with van der Waals surface area (Å²) in [4.78, 5) is 29.1. The van der Waals surface area contributed by atoms with Crippen molar-refractivity contribution in [3.05, 3.63) is 54.1 Å². The summed E-state index contributed by atoms with van der Waals surface area (Å²) in [6, 6.07) is 15.2. The summed E-state index contributed by atoms with van der Waals surface area (Å²) in [6.07, 6.45) is 1.16. The van der Waals surface area contributed by atoms with Gasteiger partial charge in [0.1, 0.15) is 11.0 Å². The summed E-state index contributed by atoms with van der Waals surface area (Å²) < 4.78 is 5.39. The number of rotatable bonds is 8. The van der Waals surface area contributed by atoms with Crippen LogP contribution in [0.15, 0.2) is 53.5 Å². The van der Waals surface area contributed by atoms with Gasteiger partial charge in [0, 0.05) is 12.1 Å². The zero-order chi connectivity index (χ0) is 21.5. The van der Waals surface area contributed by atoms with Gasteiger partial charge in [0.15, 0.2) is 5.17 Å². The fraction of sp³-hybridized carbons (Fsp3) is 0.348. The molecule has 7 heteroatoms. The van der Waals surface area contributed by atoms with Gasteiger partial charge in [0.05, 0.1) is 12.3 Å². The van der Waals surface area contributed by atoms with Gasteiger partial charge < -0.3 is 15.4 Å². The number of carbonyl (C=O) groups is 2. The van der Waals surface area contributed by atoms with Crippen LogP contribution < -0.4 is 15.4 Å². The number of amidine groups is 1. The van der Waals surface area contributed by atoms with Crippen LogP contribution in [0.1, 0.15) is 45.1 Å². The number of amides is 2. The fourth-order valence-electron chi connectivity index (χ4n) is 3.00. The topological polar surface area (TPSA) is 79.8 Å². The SMILES string of the molecule is CCOc1ccc(NC(=O)C[C@H]2SC(=Nc3ccc([C@@H](C)CC)cc3)NC2=O)cc1. The maximum absolute atomic E-state index is 12.3. The minimum atomic E-state index is -0.495. The molecule has 158 valence electrons. The lowest BCUT2D eigenvalue weighted by Crippen LogP contribution is -2.28. The van der Waals surface area contributed by atoms with Crippen molar-refractivity contribution in [2.75, 3.05) is 11.9 Å². The minimum Gasteiger partial charge on any atom is -0.494 e. The first-order chi connectivity index (χ1) is 14.5. The van der Waals surface area contributed by atoms with Crippen LogP contribution >= 0.6 is 11.8 Å². The second-order valence-corrected chi connectivity index (χ2v) is 8.31. The van der Waals surface area contributed by atoms with Crippen molar-refractivity contribution in [1.29, 1.82) is 0 Å². The van der Waals surface area contributed by atoms with E-state index >= 15 is 0 Å². The van der Waals surface area contributed by atoms with E-state index in [1.165, 1.54) is 17.3 Å². The average Bonchev–Trinajstić information content (AvgIpc) is 3.08. The van der Waals surface area contributed by atoms with Crippen LogP contribution in [-0.2, 0) is 9.59 Å². The molecule has 1 heterocycles. The van der Waals surface area contributed by atoms with Crippen molar-refractivity contribution in [3.63, 3.8) is 0 Å². The van der Waals surface area contributed by atoms with Crippen LogP contribution in [0.5, 0.6) is 5.75 Å². The lowest BCUT2D eigenvalue weighted by molar-refractivity contribution is -0.122. The second kappa shape index (κ2) is 10.3. The van der Waals surface area contributed by atoms with Gasteiger partial charge in [-0.15, -0.1) is 0 Å². The zero-order valence-electron chi connectivity index (χ0n) is 17.5. The number of benzene rings is 2. The Kier molecular flexibility index (Phi) is 7.52. The molecule has 1 fully saturated rings. The van der Waals surface area contributed by atoms with Gasteiger partial charge in [-0.2, -0.15) is 0 Å². The summed E-state index contributed by atoms with van der Waals surface area (Å²) in [7, 11) is 0. The molecule has 0 aromatic heterocycles. The van der Waals surface area contributed by atoms with E-state index in [2.05, 4.69) is 41.6 Å². The summed E-state index contributed by atoms with van der Waals surface area (Å²) >= 11 is 1.29. The lowest BCUT2D eigenvalue weighted by Gasteiger charge is -2.09. The van der Waals surface area contributed by atoms with Gasteiger partial charge in [-0.3, -0.25) is 9.59 Å². The molecule has 6 nitrogen and oxygen atoms in total. The van der Waals surface area contributed by atoms with E-state index in [0.717, 1.165) is 17.9 Å². The molecule has 2 N–H and O–H groups in total. The van der Waals surface area contributed by atoms with Crippen LogP contribution in [-0.4, -0.2) is 28.8 Å². The highest BCUT2D eigenvalue weighted by atomic mass is 32.2. The Morgan fingerprint density at radius 3 is 2.50 bits per heavy atom. The van der Waals surface area contributed by atoms with Crippen LogP contribution in [0.4, 0.5) is 11.4 Å². The molecule has 2 aromatic rings. The van der Waals surface area contributed by atoms with Crippen molar-refractivity contribution >= 4 is 40.1 Å². The molecule has 0 unspecified atom stereocenters. The predicted octanol–water partition coefficient (Wildman–Crippen LogP) is 4.85. The number of thioether (sulfide) groups is 1. The van der Waals surface area contributed by atoms with Gasteiger partial charge in [-0.1, -0.05) is 37.7 Å². The molecule has 3 rings (SSSR count). The molecule has 0 aliphatic carbocycles. The molecule has 30 heavy (non-hydrogen) atoms. The molecule has 1 aliphatic rings. The van der Waals surface area contributed by atoms with Crippen LogP contribution in [0.2, 0.25) is 0 Å². The van der Waals surface area contributed by atoms with Crippen LogP contribution in [0.3, 0.4) is 0 Å². The third-order valence-electron chi connectivity index (χ3n) is 4.90. The Labute approximate surface area is 181 Å². The Balaban J connectivity index is 1.56. The van der Waals surface area contributed by atoms with E-state index in [4.69, 9.17) is 4.74 Å². The molecule has 1 saturated heterocycles. The Hall–Kier alpha value is -2.80. The first kappa shape index (κ1) is 21.9. The number of aliphatic imine (C=N–C) groups is 1. The molecular formula is C23H27N3O3S. The van der Waals surface area contributed by atoms with E-state index in [-0.39, 0.29) is 18.2 Å². The van der Waals surface area contributed by atoms with Crippen molar-refractivity contribution in [2.45, 2.75) is 44.8 Å². The Bertz CT molecular complexity index is 910. The maximum atomic E-state index is 12.3. The summed E-state index contributed by atoms with van der Waals surface area (Å²) in [6.45, 7) is 6.86. The van der Waals surface area contributed by atoms with Crippen molar-refractivity contribution in [3.8, 4) is 5.75 Å². The molecule has 2 amide bonds. The summed E-state index contributed by atoms with van der Waals surface area (Å²) in [5.74, 6) is 0.840. The number of anilines is 1. The lowest BCUT2D eigenvalue weighted by atomic mass is 9.99. The number of hydrogen-bond acceptors (Lipinski definition) is 5. The first-order valence-corrected chi connectivity index (χ1v) is 11.0. The normalized spacial score (nSPS) is 18.2. The predicted molar refractivity (Wildman–Crippen MR) is 123 cm³/mol. The molecule has 0 bridgehead atoms. The fourth-order valence-corrected chi connectivity index (χ4v) is 3.99. The Morgan fingerprint density at radius 1 is 1.17 bits per heavy atom. The van der Waals surface area contributed by atoms with Crippen molar-refractivity contribution < 1.29 is 14.3 Å². The highest BCUT2D eigenvalue weighted by molar-refractivity contribution is 8.15. The Morgan fingerprint density at radius 2 is 1.87 bits per heavy atom. The third-order valence-corrected chi connectivity index (χ3v) is 5.98. The van der Waals surface area contributed by atoms with Crippen LogP contribution in [0.25, 0.3) is 0 Å². The minimum absolute atomic E-state index is 0.0791. The summed E-state index contributed by atoms with van der Waals surface area (Å²) in [5, 5.41) is 5.62. The standard InChI is InChI=1S/C23H27N3O3S/c1-4-15(3)16-6-8-18(9-7-16)25-23-26-22(28)20(30-23)14-21(27)24-17-10-12-19(13-11-17)29-5-2/h6-13,15,20H,4-5,14H2,1-3H3,(H,24,27)(H,25,26,28)/t15-,20+/m0/s1. The van der Waals surface area contributed by atoms with E-state index in [1.807, 2.05) is 19.1 Å². The molecule has 1 aliphatic heterocycles. The van der Waals surface area contributed by atoms with E-state index in [0.29, 0.717) is 23.4 Å². The number of carbonyl (C=O) groups excluding carboxylic acids is 2. The molecular weight excluding hydrogens is 398 g/mol. The molecule has 0 spiro atoms. The largest absolute Gasteiger partial charge is 0.494 e. The number of ether oxygens (including phenoxy) is 1. The average molecular weight is 426 g/mol. The zero-order valence-corrected chi connectivity index (χ0v) is 18.3. The van der Waals surface area contributed by atoms with E-state index < -0.39 is 5.25 Å². The molecule has 2 aromatic carbocycles. The second-order valence-electron chi connectivity index (χ2n) is 7.12. The number of hydrogen-bond donors (Lipinski definition) is 2. The number of nitrogens with zero attached hydrogens (tertiary/aromatic N) is 1. The monoisotopic (exact) mass is 425 g/mol. The van der Waals surface area contributed by atoms with Crippen LogP contribution in [0, 0.1) is 0 Å². The van der Waals surface area contributed by atoms with Crippen molar-refractivity contribution in [1.82, 2.24) is 5.32 Å². The maximum Gasteiger partial charge on any atom is 0.240 e. The van der Waals surface area contributed by atoms with Gasteiger partial charge in [0.2, 0.25) is 11.8 Å². The smallest absolute Gasteiger partial charge is 0.240 e. The molecule has 0 radical (unpaired) electrons. The molecule has 2 atom stereocenters. The third kappa shape index (κ3) is 5.86. The highest BCUT2D eigenvalue weighted by Gasteiger charge is 2.32.